The Balaban J connectivity index is 1.60. The van der Waals surface area contributed by atoms with Crippen LogP contribution >= 0.6 is 0 Å². The van der Waals surface area contributed by atoms with Crippen LogP contribution in [-0.2, 0) is 4.74 Å². The van der Waals surface area contributed by atoms with Gasteiger partial charge in [0.1, 0.15) is 0 Å². The van der Waals surface area contributed by atoms with Crippen molar-refractivity contribution in [3.63, 3.8) is 0 Å². The molecular weight excluding hydrogens is 236 g/mol. The number of rotatable bonds is 10. The normalized spacial score (nSPS) is 22.3. The van der Waals surface area contributed by atoms with Crippen molar-refractivity contribution in [2.24, 2.45) is 5.92 Å². The Morgan fingerprint density at radius 2 is 1.89 bits per heavy atom. The van der Waals surface area contributed by atoms with Crippen molar-refractivity contribution in [3.05, 3.63) is 0 Å². The second-order valence-corrected chi connectivity index (χ2v) is 6.40. The van der Waals surface area contributed by atoms with E-state index >= 15 is 0 Å². The maximum Gasteiger partial charge on any atom is 0.0589 e. The van der Waals surface area contributed by atoms with Gasteiger partial charge in [-0.05, 0) is 58.0 Å². The summed E-state index contributed by atoms with van der Waals surface area (Å²) < 4.78 is 5.25. The van der Waals surface area contributed by atoms with Crippen LogP contribution < -0.4 is 5.32 Å². The molecule has 0 heterocycles. The molecule has 0 amide bonds. The predicted molar refractivity (Wildman–Crippen MR) is 80.5 cm³/mol. The molecule has 2 aliphatic rings. The summed E-state index contributed by atoms with van der Waals surface area (Å²) in [5.41, 5.74) is 0. The van der Waals surface area contributed by atoms with Crippen molar-refractivity contribution in [2.45, 2.75) is 64.0 Å². The quantitative estimate of drug-likeness (QED) is 0.617. The Morgan fingerprint density at radius 3 is 2.53 bits per heavy atom. The fourth-order valence-corrected chi connectivity index (χ4v) is 3.32. The number of hydrogen-bond donors (Lipinski definition) is 1. The van der Waals surface area contributed by atoms with E-state index in [1.165, 1.54) is 58.0 Å². The van der Waals surface area contributed by atoms with Crippen LogP contribution in [0.3, 0.4) is 0 Å². The maximum atomic E-state index is 5.25. The lowest BCUT2D eigenvalue weighted by molar-refractivity contribution is 0.116. The van der Waals surface area contributed by atoms with Crippen molar-refractivity contribution in [2.75, 3.05) is 33.4 Å². The molecule has 0 saturated heterocycles. The molecular formula is C16H32N2O. The average molecular weight is 268 g/mol. The van der Waals surface area contributed by atoms with Crippen LogP contribution in [-0.4, -0.2) is 50.3 Å². The SMILES string of the molecule is COCCN(CCCNC1CCCC1)C(C)C1CC1. The second kappa shape index (κ2) is 8.23. The summed E-state index contributed by atoms with van der Waals surface area (Å²) >= 11 is 0. The lowest BCUT2D eigenvalue weighted by Crippen LogP contribution is -2.39. The minimum atomic E-state index is 0.752. The van der Waals surface area contributed by atoms with Crippen molar-refractivity contribution in [1.29, 1.82) is 0 Å². The molecule has 1 atom stereocenters. The fraction of sp³-hybridized carbons (Fsp3) is 1.00. The summed E-state index contributed by atoms with van der Waals surface area (Å²) in [6.45, 7) is 6.77. The molecule has 2 fully saturated rings. The molecule has 0 radical (unpaired) electrons. The number of nitrogens with one attached hydrogen (secondary N) is 1. The van der Waals surface area contributed by atoms with Crippen molar-refractivity contribution < 1.29 is 4.74 Å². The molecule has 2 rings (SSSR count). The highest BCUT2D eigenvalue weighted by Gasteiger charge is 2.31. The fourth-order valence-electron chi connectivity index (χ4n) is 3.32. The van der Waals surface area contributed by atoms with Gasteiger partial charge in [-0.25, -0.2) is 0 Å². The molecule has 0 spiro atoms. The summed E-state index contributed by atoms with van der Waals surface area (Å²) in [7, 11) is 1.81. The monoisotopic (exact) mass is 268 g/mol. The Hall–Kier alpha value is -0.120. The van der Waals surface area contributed by atoms with E-state index in [0.717, 1.165) is 31.2 Å². The van der Waals surface area contributed by atoms with Gasteiger partial charge in [0, 0.05) is 25.7 Å². The summed E-state index contributed by atoms with van der Waals surface area (Å²) in [5, 5.41) is 3.72. The molecule has 3 heteroatoms. The zero-order valence-electron chi connectivity index (χ0n) is 12.9. The lowest BCUT2D eigenvalue weighted by atomic mass is 10.1. The summed E-state index contributed by atoms with van der Waals surface area (Å²) in [4.78, 5) is 2.64. The minimum absolute atomic E-state index is 0.752. The molecule has 0 aliphatic heterocycles. The molecule has 3 nitrogen and oxygen atoms in total. The van der Waals surface area contributed by atoms with Crippen LogP contribution in [0, 0.1) is 5.92 Å². The molecule has 112 valence electrons. The smallest absolute Gasteiger partial charge is 0.0589 e. The molecule has 1 N–H and O–H groups in total. The predicted octanol–water partition coefficient (Wildman–Crippen LogP) is 2.66. The second-order valence-electron chi connectivity index (χ2n) is 6.40. The zero-order valence-corrected chi connectivity index (χ0v) is 12.9. The summed E-state index contributed by atoms with van der Waals surface area (Å²) in [5.74, 6) is 0.958. The highest BCUT2D eigenvalue weighted by molar-refractivity contribution is 4.85. The Labute approximate surface area is 119 Å². The van der Waals surface area contributed by atoms with Crippen molar-refractivity contribution in [1.82, 2.24) is 10.2 Å². The average Bonchev–Trinajstić information content (AvgIpc) is 3.15. The largest absolute Gasteiger partial charge is 0.383 e. The van der Waals surface area contributed by atoms with Crippen LogP contribution in [0.25, 0.3) is 0 Å². The van der Waals surface area contributed by atoms with Gasteiger partial charge in [-0.2, -0.15) is 0 Å². The Morgan fingerprint density at radius 1 is 1.16 bits per heavy atom. The number of methoxy groups -OCH3 is 1. The molecule has 0 aromatic rings. The van der Waals surface area contributed by atoms with E-state index in [9.17, 15) is 0 Å². The Kier molecular flexibility index (Phi) is 6.62. The van der Waals surface area contributed by atoms with E-state index in [0.29, 0.717) is 0 Å². The van der Waals surface area contributed by atoms with E-state index in [-0.39, 0.29) is 0 Å². The highest BCUT2D eigenvalue weighted by atomic mass is 16.5. The van der Waals surface area contributed by atoms with Crippen LogP contribution in [0.4, 0.5) is 0 Å². The van der Waals surface area contributed by atoms with Crippen molar-refractivity contribution in [3.8, 4) is 0 Å². The van der Waals surface area contributed by atoms with Gasteiger partial charge < -0.3 is 10.1 Å². The number of nitrogens with zero attached hydrogens (tertiary/aromatic N) is 1. The van der Waals surface area contributed by atoms with Gasteiger partial charge >= 0.3 is 0 Å². The van der Waals surface area contributed by atoms with Crippen LogP contribution in [0.2, 0.25) is 0 Å². The number of ether oxygens (including phenoxy) is 1. The topological polar surface area (TPSA) is 24.5 Å². The zero-order chi connectivity index (χ0) is 13.5. The summed E-state index contributed by atoms with van der Waals surface area (Å²) in [6, 6.07) is 1.56. The third kappa shape index (κ3) is 5.41. The van der Waals surface area contributed by atoms with E-state index in [1.54, 1.807) is 0 Å². The van der Waals surface area contributed by atoms with Gasteiger partial charge in [-0.1, -0.05) is 12.8 Å². The van der Waals surface area contributed by atoms with Crippen LogP contribution in [0.1, 0.15) is 51.9 Å². The first-order chi connectivity index (χ1) is 9.31. The standard InChI is InChI=1S/C16H32N2O/c1-14(15-8-9-15)18(12-13-19-2)11-5-10-17-16-6-3-4-7-16/h14-17H,3-13H2,1-2H3. The molecule has 19 heavy (non-hydrogen) atoms. The molecule has 0 aromatic carbocycles. The Bertz CT molecular complexity index is 237. The van der Waals surface area contributed by atoms with Crippen LogP contribution in [0.15, 0.2) is 0 Å². The van der Waals surface area contributed by atoms with Gasteiger partial charge in [0.05, 0.1) is 6.61 Å². The molecule has 0 aromatic heterocycles. The third-order valence-electron chi connectivity index (χ3n) is 4.87. The van der Waals surface area contributed by atoms with E-state index in [4.69, 9.17) is 4.74 Å². The maximum absolute atomic E-state index is 5.25. The third-order valence-corrected chi connectivity index (χ3v) is 4.87. The van der Waals surface area contributed by atoms with Gasteiger partial charge in [-0.3, -0.25) is 4.90 Å². The first kappa shape index (κ1) is 15.3. The minimum Gasteiger partial charge on any atom is -0.383 e. The van der Waals surface area contributed by atoms with Gasteiger partial charge in [-0.15, -0.1) is 0 Å². The summed E-state index contributed by atoms with van der Waals surface area (Å²) in [6.07, 6.45) is 9.79. The molecule has 2 saturated carbocycles. The van der Waals surface area contributed by atoms with E-state index < -0.39 is 0 Å². The van der Waals surface area contributed by atoms with Crippen LogP contribution in [0.5, 0.6) is 0 Å². The molecule has 1 unspecified atom stereocenters. The lowest BCUT2D eigenvalue weighted by Gasteiger charge is -2.29. The van der Waals surface area contributed by atoms with Crippen molar-refractivity contribution >= 4 is 0 Å². The van der Waals surface area contributed by atoms with Gasteiger partial charge in [0.15, 0.2) is 0 Å². The highest BCUT2D eigenvalue weighted by Crippen LogP contribution is 2.35. The first-order valence-corrected chi connectivity index (χ1v) is 8.27. The first-order valence-electron chi connectivity index (χ1n) is 8.27. The molecule has 2 aliphatic carbocycles. The molecule has 0 bridgehead atoms. The number of hydrogen-bond acceptors (Lipinski definition) is 3. The van der Waals surface area contributed by atoms with Gasteiger partial charge in [0.2, 0.25) is 0 Å². The van der Waals surface area contributed by atoms with E-state index in [1.807, 2.05) is 7.11 Å². The van der Waals surface area contributed by atoms with E-state index in [2.05, 4.69) is 17.1 Å². The van der Waals surface area contributed by atoms with Gasteiger partial charge in [0.25, 0.3) is 0 Å².